The zero-order valence-electron chi connectivity index (χ0n) is 18.3. The second-order valence-electron chi connectivity index (χ2n) is 8.50. The molecule has 0 radical (unpaired) electrons. The highest BCUT2D eigenvalue weighted by atomic mass is 16.7. The lowest BCUT2D eigenvalue weighted by molar-refractivity contribution is -0.200. The lowest BCUT2D eigenvalue weighted by atomic mass is 9.86. The molecule has 0 saturated carbocycles. The summed E-state index contributed by atoms with van der Waals surface area (Å²) in [5.74, 6) is -0.297. The minimum absolute atomic E-state index is 0.197. The van der Waals surface area contributed by atoms with Crippen molar-refractivity contribution in [2.24, 2.45) is 5.92 Å². The maximum atomic E-state index is 13.1. The first-order valence-electron chi connectivity index (χ1n) is 10.9. The van der Waals surface area contributed by atoms with E-state index in [-0.39, 0.29) is 24.0 Å². The number of fused-ring (bicyclic) bond motifs is 5. The molecule has 3 heterocycles. The van der Waals surface area contributed by atoms with Crippen molar-refractivity contribution in [3.8, 4) is 5.75 Å². The molecule has 0 unspecified atom stereocenters. The summed E-state index contributed by atoms with van der Waals surface area (Å²) in [4.78, 5) is 35.7. The Morgan fingerprint density at radius 1 is 0.848 bits per heavy atom. The Labute approximate surface area is 191 Å². The predicted octanol–water partition coefficient (Wildman–Crippen LogP) is 3.82. The van der Waals surface area contributed by atoms with Gasteiger partial charge in [0.2, 0.25) is 5.91 Å². The molecule has 0 aromatic heterocycles. The molecule has 3 aromatic carbocycles. The van der Waals surface area contributed by atoms with Crippen LogP contribution in [0.25, 0.3) is 0 Å². The standard InChI is InChI=1S/C26H23N3O4/c1-27-25(30)21-22-19-10-6-7-11-20(19)28(17-12-14-18(32-2)15-13-17)24(16-8-4-3-5-9-16)29(22)33-23(21)26(27)31/h3-15,21-24H,1-2H3/t21-,22-,23+,24+/m0/s1. The number of nitrogens with zero attached hydrogens (tertiary/aromatic N) is 3. The van der Waals surface area contributed by atoms with Crippen molar-refractivity contribution in [2.75, 3.05) is 19.1 Å². The number of imide groups is 1. The van der Waals surface area contributed by atoms with Gasteiger partial charge in [-0.3, -0.25) is 19.3 Å². The van der Waals surface area contributed by atoms with Crippen LogP contribution in [0.5, 0.6) is 5.75 Å². The smallest absolute Gasteiger partial charge is 0.261 e. The molecule has 6 rings (SSSR count). The second-order valence-corrected chi connectivity index (χ2v) is 8.50. The predicted molar refractivity (Wildman–Crippen MR) is 121 cm³/mol. The molecular formula is C26H23N3O4. The second kappa shape index (κ2) is 7.43. The first kappa shape index (κ1) is 20.0. The van der Waals surface area contributed by atoms with Gasteiger partial charge < -0.3 is 9.64 Å². The Kier molecular flexibility index (Phi) is 4.50. The highest BCUT2D eigenvalue weighted by Crippen LogP contribution is 2.56. The molecule has 3 aliphatic rings. The van der Waals surface area contributed by atoms with Gasteiger partial charge in [0.1, 0.15) is 11.9 Å². The van der Waals surface area contributed by atoms with Crippen LogP contribution in [0.3, 0.4) is 0 Å². The van der Waals surface area contributed by atoms with Crippen LogP contribution in [0.2, 0.25) is 0 Å². The summed E-state index contributed by atoms with van der Waals surface area (Å²) in [5, 5.41) is 1.85. The van der Waals surface area contributed by atoms with Crippen LogP contribution in [-0.4, -0.2) is 42.0 Å². The largest absolute Gasteiger partial charge is 0.497 e. The van der Waals surface area contributed by atoms with E-state index in [0.29, 0.717) is 0 Å². The molecule has 2 amide bonds. The minimum Gasteiger partial charge on any atom is -0.497 e. The van der Waals surface area contributed by atoms with E-state index in [0.717, 1.165) is 28.3 Å². The number of methoxy groups -OCH3 is 1. The number of benzene rings is 3. The molecule has 7 nitrogen and oxygen atoms in total. The number of carbonyl (C=O) groups is 2. The first-order chi connectivity index (χ1) is 16.1. The number of ether oxygens (including phenoxy) is 1. The Hall–Kier alpha value is -3.68. The van der Waals surface area contributed by atoms with Gasteiger partial charge >= 0.3 is 0 Å². The zero-order valence-corrected chi connectivity index (χ0v) is 18.3. The van der Waals surface area contributed by atoms with E-state index in [4.69, 9.17) is 9.57 Å². The van der Waals surface area contributed by atoms with E-state index in [9.17, 15) is 9.59 Å². The molecule has 4 atom stereocenters. The number of amides is 2. The number of carbonyl (C=O) groups excluding carboxylic acids is 2. The van der Waals surface area contributed by atoms with E-state index in [1.54, 1.807) is 7.11 Å². The number of hydrogen-bond donors (Lipinski definition) is 0. The number of likely N-dealkylation sites (tertiary alicyclic amines) is 1. The van der Waals surface area contributed by atoms with Gasteiger partial charge in [-0.2, -0.15) is 5.06 Å². The molecule has 7 heteroatoms. The minimum atomic E-state index is -0.817. The fourth-order valence-electron chi connectivity index (χ4n) is 5.26. The SMILES string of the molecule is COc1ccc(N2c3ccccc3[C@H]3[C@@H]4C(=O)N(C)C(=O)[C@@H]4ON3[C@@H]2c2ccccc2)cc1. The fraction of sp³-hybridized carbons (Fsp3) is 0.231. The lowest BCUT2D eigenvalue weighted by Crippen LogP contribution is -2.45. The van der Waals surface area contributed by atoms with Gasteiger partial charge in [0.25, 0.3) is 5.91 Å². The molecule has 2 fully saturated rings. The number of hydroxylamine groups is 2. The summed E-state index contributed by atoms with van der Waals surface area (Å²) in [7, 11) is 3.17. The summed E-state index contributed by atoms with van der Waals surface area (Å²) < 4.78 is 5.36. The Morgan fingerprint density at radius 3 is 2.27 bits per heavy atom. The molecule has 33 heavy (non-hydrogen) atoms. The summed E-state index contributed by atoms with van der Waals surface area (Å²) in [5.41, 5.74) is 3.90. The van der Waals surface area contributed by atoms with Crippen molar-refractivity contribution in [1.82, 2.24) is 9.96 Å². The van der Waals surface area contributed by atoms with Crippen molar-refractivity contribution >= 4 is 23.2 Å². The third kappa shape index (κ3) is 2.83. The molecule has 0 bridgehead atoms. The van der Waals surface area contributed by atoms with Crippen LogP contribution in [0.4, 0.5) is 11.4 Å². The Balaban J connectivity index is 1.57. The molecular weight excluding hydrogens is 418 g/mol. The van der Waals surface area contributed by atoms with Gasteiger partial charge in [-0.15, -0.1) is 0 Å². The normalized spacial score (nSPS) is 26.2. The third-order valence-corrected chi connectivity index (χ3v) is 6.81. The van der Waals surface area contributed by atoms with Crippen molar-refractivity contribution in [2.45, 2.75) is 18.3 Å². The highest BCUT2D eigenvalue weighted by molar-refractivity contribution is 6.07. The Morgan fingerprint density at radius 2 is 1.55 bits per heavy atom. The van der Waals surface area contributed by atoms with Gasteiger partial charge in [0, 0.05) is 18.4 Å². The lowest BCUT2D eigenvalue weighted by Gasteiger charge is -2.47. The molecule has 3 aliphatic heterocycles. The summed E-state index contributed by atoms with van der Waals surface area (Å²) in [6.07, 6.45) is -1.18. The quantitative estimate of drug-likeness (QED) is 0.576. The number of hydrogen-bond acceptors (Lipinski definition) is 6. The maximum absolute atomic E-state index is 13.1. The topological polar surface area (TPSA) is 62.3 Å². The van der Waals surface area contributed by atoms with Gasteiger partial charge in [0.15, 0.2) is 6.10 Å². The highest BCUT2D eigenvalue weighted by Gasteiger charge is 2.62. The van der Waals surface area contributed by atoms with Crippen LogP contribution >= 0.6 is 0 Å². The summed E-state index contributed by atoms with van der Waals surface area (Å²) in [6, 6.07) is 25.6. The van der Waals surface area contributed by atoms with Gasteiger partial charge in [0.05, 0.1) is 19.1 Å². The van der Waals surface area contributed by atoms with Gasteiger partial charge in [-0.05, 0) is 41.5 Å². The van der Waals surface area contributed by atoms with Crippen LogP contribution in [0.1, 0.15) is 23.3 Å². The van der Waals surface area contributed by atoms with Crippen LogP contribution in [0, 0.1) is 5.92 Å². The molecule has 2 saturated heterocycles. The first-order valence-corrected chi connectivity index (χ1v) is 10.9. The number of rotatable bonds is 3. The average molecular weight is 441 g/mol. The zero-order chi connectivity index (χ0) is 22.7. The van der Waals surface area contributed by atoms with E-state index < -0.39 is 12.0 Å². The molecule has 0 N–H and O–H groups in total. The van der Waals surface area contributed by atoms with E-state index >= 15 is 0 Å². The van der Waals surface area contributed by atoms with Gasteiger partial charge in [-0.1, -0.05) is 48.5 Å². The van der Waals surface area contributed by atoms with Crippen molar-refractivity contribution in [3.63, 3.8) is 0 Å². The monoisotopic (exact) mass is 441 g/mol. The third-order valence-electron chi connectivity index (χ3n) is 6.81. The summed E-state index contributed by atoms with van der Waals surface area (Å²) in [6.45, 7) is 0. The molecule has 3 aromatic rings. The Bertz CT molecular complexity index is 1230. The van der Waals surface area contributed by atoms with E-state index in [1.807, 2.05) is 77.9 Å². The van der Waals surface area contributed by atoms with E-state index in [2.05, 4.69) is 11.0 Å². The van der Waals surface area contributed by atoms with Crippen molar-refractivity contribution < 1.29 is 19.2 Å². The van der Waals surface area contributed by atoms with Crippen LogP contribution in [0.15, 0.2) is 78.9 Å². The van der Waals surface area contributed by atoms with Crippen molar-refractivity contribution in [1.29, 1.82) is 0 Å². The van der Waals surface area contributed by atoms with E-state index in [1.165, 1.54) is 11.9 Å². The molecule has 166 valence electrons. The van der Waals surface area contributed by atoms with Crippen LogP contribution < -0.4 is 9.64 Å². The number of likely N-dealkylation sites (N-methyl/N-ethyl adjacent to an activating group) is 1. The summed E-state index contributed by atoms with van der Waals surface area (Å²) >= 11 is 0. The molecule has 0 aliphatic carbocycles. The van der Waals surface area contributed by atoms with Crippen LogP contribution in [-0.2, 0) is 14.4 Å². The van der Waals surface area contributed by atoms with Gasteiger partial charge in [-0.25, -0.2) is 0 Å². The fourth-order valence-corrected chi connectivity index (χ4v) is 5.26. The average Bonchev–Trinajstić information content (AvgIpc) is 3.36. The number of anilines is 2. The number of para-hydroxylation sites is 1. The van der Waals surface area contributed by atoms with Crippen molar-refractivity contribution in [3.05, 3.63) is 90.0 Å². The maximum Gasteiger partial charge on any atom is 0.261 e. The molecule has 0 spiro atoms.